The highest BCUT2D eigenvalue weighted by atomic mass is 19.1. The van der Waals surface area contributed by atoms with E-state index < -0.39 is 11.5 Å². The third-order valence-electron chi connectivity index (χ3n) is 2.94. The second kappa shape index (κ2) is 4.31. The van der Waals surface area contributed by atoms with Crippen molar-refractivity contribution in [2.45, 2.75) is 39.2 Å². The van der Waals surface area contributed by atoms with Gasteiger partial charge in [0.25, 0.3) is 0 Å². The summed E-state index contributed by atoms with van der Waals surface area (Å²) in [7, 11) is 0. The van der Waals surface area contributed by atoms with E-state index in [0.717, 1.165) is 0 Å². The zero-order chi connectivity index (χ0) is 11.6. The summed E-state index contributed by atoms with van der Waals surface area (Å²) in [6, 6.07) is 6.63. The van der Waals surface area contributed by atoms with Crippen molar-refractivity contribution in [1.29, 1.82) is 0 Å². The van der Waals surface area contributed by atoms with Crippen molar-refractivity contribution in [2.24, 2.45) is 5.92 Å². The molecule has 2 heteroatoms. The number of aliphatic hydroxyl groups excluding tert-OH is 1. The third kappa shape index (κ3) is 2.37. The lowest BCUT2D eigenvalue weighted by Gasteiger charge is -2.33. The van der Waals surface area contributed by atoms with Crippen LogP contribution in [0.2, 0.25) is 0 Å². The lowest BCUT2D eigenvalue weighted by molar-refractivity contribution is 0.0557. The molecule has 0 radical (unpaired) electrons. The molecule has 1 N–H and O–H groups in total. The van der Waals surface area contributed by atoms with Crippen LogP contribution in [0, 0.1) is 11.7 Å². The number of aliphatic hydroxyl groups is 1. The Morgan fingerprint density at radius 3 is 2.20 bits per heavy atom. The summed E-state index contributed by atoms with van der Waals surface area (Å²) in [5, 5.41) is 10.1. The molecule has 1 atom stereocenters. The Morgan fingerprint density at radius 2 is 1.73 bits per heavy atom. The van der Waals surface area contributed by atoms with E-state index in [1.165, 1.54) is 6.07 Å². The van der Waals surface area contributed by atoms with E-state index in [-0.39, 0.29) is 11.7 Å². The highest BCUT2D eigenvalue weighted by Crippen LogP contribution is 2.32. The fraction of sp³-hybridized carbons (Fsp3) is 0.538. The van der Waals surface area contributed by atoms with Crippen LogP contribution in [0.25, 0.3) is 0 Å². The normalized spacial score (nSPS) is 14.3. The first-order chi connectivity index (χ1) is 6.87. The molecule has 0 aliphatic carbocycles. The van der Waals surface area contributed by atoms with Crippen molar-refractivity contribution in [3.05, 3.63) is 35.6 Å². The maximum absolute atomic E-state index is 13.6. The molecule has 1 aromatic rings. The fourth-order valence-corrected chi connectivity index (χ4v) is 1.98. The SMILES string of the molecule is CC(C)C(O)C(C)(C)c1ccccc1F. The van der Waals surface area contributed by atoms with Gasteiger partial charge in [0.05, 0.1) is 6.10 Å². The molecule has 1 unspecified atom stereocenters. The van der Waals surface area contributed by atoms with Crippen LogP contribution in [0.1, 0.15) is 33.3 Å². The van der Waals surface area contributed by atoms with Crippen molar-refractivity contribution in [1.82, 2.24) is 0 Å². The van der Waals surface area contributed by atoms with Crippen LogP contribution in [-0.4, -0.2) is 11.2 Å². The highest BCUT2D eigenvalue weighted by molar-refractivity contribution is 5.27. The van der Waals surface area contributed by atoms with Gasteiger partial charge < -0.3 is 5.11 Å². The molecule has 1 aromatic carbocycles. The largest absolute Gasteiger partial charge is 0.392 e. The van der Waals surface area contributed by atoms with Gasteiger partial charge in [-0.3, -0.25) is 0 Å². The lowest BCUT2D eigenvalue weighted by atomic mass is 9.75. The average Bonchev–Trinajstić information content (AvgIpc) is 2.16. The second-order valence-corrected chi connectivity index (χ2v) is 4.89. The first-order valence-corrected chi connectivity index (χ1v) is 5.30. The number of rotatable bonds is 3. The zero-order valence-corrected chi connectivity index (χ0v) is 9.79. The second-order valence-electron chi connectivity index (χ2n) is 4.89. The molecule has 0 aliphatic heterocycles. The summed E-state index contributed by atoms with van der Waals surface area (Å²) in [6.45, 7) is 7.62. The molecule has 15 heavy (non-hydrogen) atoms. The molecular formula is C13H19FO. The summed E-state index contributed by atoms with van der Waals surface area (Å²) in [5.74, 6) is -0.137. The van der Waals surface area contributed by atoms with E-state index in [1.54, 1.807) is 18.2 Å². The Labute approximate surface area is 90.9 Å². The van der Waals surface area contributed by atoms with Gasteiger partial charge in [-0.25, -0.2) is 4.39 Å². The van der Waals surface area contributed by atoms with Crippen LogP contribution in [-0.2, 0) is 5.41 Å². The molecule has 1 rings (SSSR count). The molecule has 0 aliphatic rings. The fourth-order valence-electron chi connectivity index (χ4n) is 1.98. The minimum Gasteiger partial charge on any atom is -0.392 e. The monoisotopic (exact) mass is 210 g/mol. The molecule has 0 fully saturated rings. The molecule has 1 nitrogen and oxygen atoms in total. The van der Waals surface area contributed by atoms with Crippen molar-refractivity contribution >= 4 is 0 Å². The van der Waals surface area contributed by atoms with Gasteiger partial charge in [-0.2, -0.15) is 0 Å². The molecular weight excluding hydrogens is 191 g/mol. The Morgan fingerprint density at radius 1 is 1.20 bits per heavy atom. The maximum atomic E-state index is 13.6. The van der Waals surface area contributed by atoms with Crippen LogP contribution >= 0.6 is 0 Å². The topological polar surface area (TPSA) is 20.2 Å². The quantitative estimate of drug-likeness (QED) is 0.812. The summed E-state index contributed by atoms with van der Waals surface area (Å²) in [5.41, 5.74) is 0.0191. The molecule has 0 bridgehead atoms. The van der Waals surface area contributed by atoms with Crippen LogP contribution in [0.15, 0.2) is 24.3 Å². The Kier molecular flexibility index (Phi) is 3.50. The number of halogens is 1. The predicted octanol–water partition coefficient (Wildman–Crippen LogP) is 3.12. The average molecular weight is 210 g/mol. The summed E-state index contributed by atoms with van der Waals surface area (Å²) >= 11 is 0. The Balaban J connectivity index is 3.11. The summed E-state index contributed by atoms with van der Waals surface area (Å²) < 4.78 is 13.6. The van der Waals surface area contributed by atoms with E-state index in [1.807, 2.05) is 27.7 Å². The first-order valence-electron chi connectivity index (χ1n) is 5.30. The molecule has 0 saturated carbocycles. The van der Waals surface area contributed by atoms with Gasteiger partial charge in [-0.05, 0) is 17.5 Å². The summed E-state index contributed by atoms with van der Waals surface area (Å²) in [4.78, 5) is 0. The molecule has 0 spiro atoms. The van der Waals surface area contributed by atoms with E-state index in [2.05, 4.69) is 0 Å². The molecule has 0 aromatic heterocycles. The minimum absolute atomic E-state index is 0.111. The van der Waals surface area contributed by atoms with E-state index in [0.29, 0.717) is 5.56 Å². The Hall–Kier alpha value is -0.890. The standard InChI is InChI=1S/C13H19FO/c1-9(2)12(15)13(3,4)10-7-5-6-8-11(10)14/h5-9,12,15H,1-4H3. The smallest absolute Gasteiger partial charge is 0.127 e. The molecule has 0 heterocycles. The van der Waals surface area contributed by atoms with E-state index in [4.69, 9.17) is 0 Å². The van der Waals surface area contributed by atoms with Gasteiger partial charge in [0.1, 0.15) is 5.82 Å². The van der Waals surface area contributed by atoms with Crippen molar-refractivity contribution in [2.75, 3.05) is 0 Å². The van der Waals surface area contributed by atoms with Gasteiger partial charge >= 0.3 is 0 Å². The van der Waals surface area contributed by atoms with Crippen molar-refractivity contribution < 1.29 is 9.50 Å². The number of hydrogen-bond acceptors (Lipinski definition) is 1. The number of benzene rings is 1. The van der Waals surface area contributed by atoms with Crippen LogP contribution < -0.4 is 0 Å². The maximum Gasteiger partial charge on any atom is 0.127 e. The summed E-state index contributed by atoms with van der Waals surface area (Å²) in [6.07, 6.45) is -0.547. The van der Waals surface area contributed by atoms with Crippen LogP contribution in [0.5, 0.6) is 0 Å². The predicted molar refractivity (Wildman–Crippen MR) is 60.3 cm³/mol. The van der Waals surface area contributed by atoms with Crippen molar-refractivity contribution in [3.8, 4) is 0 Å². The lowest BCUT2D eigenvalue weighted by Crippen LogP contribution is -2.38. The first kappa shape index (κ1) is 12.2. The van der Waals surface area contributed by atoms with Gasteiger partial charge in [0.15, 0.2) is 0 Å². The third-order valence-corrected chi connectivity index (χ3v) is 2.94. The van der Waals surface area contributed by atoms with Gasteiger partial charge in [-0.15, -0.1) is 0 Å². The van der Waals surface area contributed by atoms with Crippen LogP contribution in [0.3, 0.4) is 0 Å². The van der Waals surface area contributed by atoms with Gasteiger partial charge in [0, 0.05) is 5.41 Å². The van der Waals surface area contributed by atoms with Crippen LogP contribution in [0.4, 0.5) is 4.39 Å². The molecule has 84 valence electrons. The van der Waals surface area contributed by atoms with E-state index in [9.17, 15) is 9.50 Å². The van der Waals surface area contributed by atoms with Crippen molar-refractivity contribution in [3.63, 3.8) is 0 Å². The van der Waals surface area contributed by atoms with Gasteiger partial charge in [0.2, 0.25) is 0 Å². The number of hydrogen-bond donors (Lipinski definition) is 1. The molecule has 0 amide bonds. The van der Waals surface area contributed by atoms with E-state index >= 15 is 0 Å². The molecule has 0 saturated heterocycles. The minimum atomic E-state index is -0.556. The zero-order valence-electron chi connectivity index (χ0n) is 9.79. The van der Waals surface area contributed by atoms with Gasteiger partial charge in [-0.1, -0.05) is 45.9 Å². The highest BCUT2D eigenvalue weighted by Gasteiger charge is 2.33. The Bertz CT molecular complexity index is 331.